The van der Waals surface area contributed by atoms with Crippen molar-refractivity contribution >= 4 is 32.6 Å². The quantitative estimate of drug-likeness (QED) is 0.625. The molecule has 74 valence electrons. The lowest BCUT2D eigenvalue weighted by Crippen LogP contribution is -1.94. The van der Waals surface area contributed by atoms with Crippen molar-refractivity contribution in [2.45, 2.75) is 6.92 Å². The van der Waals surface area contributed by atoms with Crippen LogP contribution >= 0.6 is 15.9 Å². The van der Waals surface area contributed by atoms with E-state index in [1.54, 1.807) is 6.33 Å². The molecule has 5 heteroatoms. The summed E-state index contributed by atoms with van der Waals surface area (Å²) in [6.07, 6.45) is 1.77. The van der Waals surface area contributed by atoms with Crippen LogP contribution in [-0.4, -0.2) is 19.6 Å². The van der Waals surface area contributed by atoms with E-state index in [1.165, 1.54) is 0 Å². The number of hydrogen-bond donors (Lipinski definition) is 0. The Hall–Kier alpha value is -1.49. The van der Waals surface area contributed by atoms with E-state index in [9.17, 15) is 0 Å². The zero-order chi connectivity index (χ0) is 10.4. The summed E-state index contributed by atoms with van der Waals surface area (Å²) in [5, 5.41) is 8.29. The van der Waals surface area contributed by atoms with Crippen LogP contribution in [0.25, 0.3) is 16.7 Å². The number of aromatic nitrogens is 4. The Morgan fingerprint density at radius 1 is 1.27 bits per heavy atom. The first-order chi connectivity index (χ1) is 7.25. The fraction of sp³-hybridized carbons (Fsp3) is 0.100. The first-order valence-electron chi connectivity index (χ1n) is 4.51. The van der Waals surface area contributed by atoms with Crippen molar-refractivity contribution in [2.24, 2.45) is 0 Å². The molecule has 15 heavy (non-hydrogen) atoms. The smallest absolute Gasteiger partial charge is 0.182 e. The van der Waals surface area contributed by atoms with Crippen LogP contribution in [0.3, 0.4) is 0 Å². The van der Waals surface area contributed by atoms with E-state index in [1.807, 2.05) is 29.5 Å². The molecular formula is C10H7BrN4. The SMILES string of the molecule is Cc1ncn2c1nnc1ccc(Br)cc12. The molecule has 0 aliphatic rings. The minimum Gasteiger partial charge on any atom is -0.280 e. The van der Waals surface area contributed by atoms with E-state index in [0.29, 0.717) is 0 Å². The Bertz CT molecular complexity index is 659. The average molecular weight is 263 g/mol. The summed E-state index contributed by atoms with van der Waals surface area (Å²) in [5.74, 6) is 0. The van der Waals surface area contributed by atoms with Gasteiger partial charge >= 0.3 is 0 Å². The van der Waals surface area contributed by atoms with E-state index in [-0.39, 0.29) is 0 Å². The predicted molar refractivity (Wildman–Crippen MR) is 60.7 cm³/mol. The maximum absolute atomic E-state index is 4.22. The number of benzene rings is 1. The van der Waals surface area contributed by atoms with Crippen molar-refractivity contribution in [1.82, 2.24) is 19.6 Å². The standard InChI is InChI=1S/C10H7BrN4/c1-6-10-14-13-8-3-2-7(11)4-9(8)15(10)5-12-6/h2-5H,1H3. The third kappa shape index (κ3) is 1.23. The normalized spacial score (nSPS) is 11.3. The van der Waals surface area contributed by atoms with Crippen LogP contribution in [0.5, 0.6) is 0 Å². The van der Waals surface area contributed by atoms with Crippen LogP contribution in [-0.2, 0) is 0 Å². The van der Waals surface area contributed by atoms with E-state index < -0.39 is 0 Å². The predicted octanol–water partition coefficient (Wildman–Crippen LogP) is 2.35. The van der Waals surface area contributed by atoms with E-state index in [2.05, 4.69) is 31.1 Å². The summed E-state index contributed by atoms with van der Waals surface area (Å²) in [5.41, 5.74) is 3.57. The van der Waals surface area contributed by atoms with Gasteiger partial charge in [-0.3, -0.25) is 4.40 Å². The highest BCUT2D eigenvalue weighted by Crippen LogP contribution is 2.19. The Morgan fingerprint density at radius 2 is 2.13 bits per heavy atom. The third-order valence-electron chi connectivity index (χ3n) is 2.37. The fourth-order valence-electron chi connectivity index (χ4n) is 1.60. The topological polar surface area (TPSA) is 43.1 Å². The maximum atomic E-state index is 4.22. The van der Waals surface area contributed by atoms with E-state index >= 15 is 0 Å². The molecule has 2 aromatic heterocycles. The number of rotatable bonds is 0. The second-order valence-corrected chi connectivity index (χ2v) is 4.27. The molecule has 0 bridgehead atoms. The molecule has 2 heterocycles. The summed E-state index contributed by atoms with van der Waals surface area (Å²) < 4.78 is 2.97. The van der Waals surface area contributed by atoms with Gasteiger partial charge in [-0.05, 0) is 25.1 Å². The highest BCUT2D eigenvalue weighted by atomic mass is 79.9. The molecule has 0 atom stereocenters. The van der Waals surface area contributed by atoms with Gasteiger partial charge in [0.1, 0.15) is 11.8 Å². The fourth-order valence-corrected chi connectivity index (χ4v) is 1.95. The molecule has 1 aromatic carbocycles. The zero-order valence-corrected chi connectivity index (χ0v) is 9.56. The first kappa shape index (κ1) is 8.79. The third-order valence-corrected chi connectivity index (χ3v) is 2.86. The van der Waals surface area contributed by atoms with Gasteiger partial charge in [0.05, 0.1) is 11.2 Å². The van der Waals surface area contributed by atoms with E-state index in [4.69, 9.17) is 0 Å². The lowest BCUT2D eigenvalue weighted by atomic mass is 10.3. The molecule has 0 saturated heterocycles. The van der Waals surface area contributed by atoms with Gasteiger partial charge in [0.25, 0.3) is 0 Å². The van der Waals surface area contributed by atoms with Gasteiger partial charge in [-0.25, -0.2) is 4.98 Å². The molecule has 0 N–H and O–H groups in total. The number of imidazole rings is 1. The Morgan fingerprint density at radius 3 is 3.00 bits per heavy atom. The van der Waals surface area contributed by atoms with Crippen LogP contribution in [0.1, 0.15) is 5.69 Å². The molecular weight excluding hydrogens is 256 g/mol. The number of fused-ring (bicyclic) bond motifs is 3. The van der Waals surface area contributed by atoms with Crippen molar-refractivity contribution in [2.75, 3.05) is 0 Å². The first-order valence-corrected chi connectivity index (χ1v) is 5.30. The summed E-state index contributed by atoms with van der Waals surface area (Å²) in [7, 11) is 0. The number of nitrogens with zero attached hydrogens (tertiary/aromatic N) is 4. The van der Waals surface area contributed by atoms with Crippen LogP contribution in [0, 0.1) is 6.92 Å². The van der Waals surface area contributed by atoms with Gasteiger partial charge < -0.3 is 0 Å². The second kappa shape index (κ2) is 3.00. The Kier molecular flexibility index (Phi) is 1.76. The number of aryl methyl sites for hydroxylation is 1. The van der Waals surface area contributed by atoms with Crippen LogP contribution in [0.15, 0.2) is 29.0 Å². The molecule has 0 aliphatic carbocycles. The molecule has 0 aliphatic heterocycles. The molecule has 3 rings (SSSR count). The van der Waals surface area contributed by atoms with E-state index in [0.717, 1.165) is 26.8 Å². The van der Waals surface area contributed by atoms with Gasteiger partial charge in [0, 0.05) is 4.47 Å². The highest BCUT2D eigenvalue weighted by molar-refractivity contribution is 9.10. The van der Waals surface area contributed by atoms with Gasteiger partial charge in [-0.1, -0.05) is 15.9 Å². The van der Waals surface area contributed by atoms with Crippen molar-refractivity contribution in [1.29, 1.82) is 0 Å². The Labute approximate surface area is 94.1 Å². The largest absolute Gasteiger partial charge is 0.280 e. The van der Waals surface area contributed by atoms with Gasteiger partial charge in [-0.15, -0.1) is 10.2 Å². The number of hydrogen-bond acceptors (Lipinski definition) is 3. The second-order valence-electron chi connectivity index (χ2n) is 3.36. The van der Waals surface area contributed by atoms with Crippen molar-refractivity contribution in [3.63, 3.8) is 0 Å². The summed E-state index contributed by atoms with van der Waals surface area (Å²) in [6.45, 7) is 1.92. The van der Waals surface area contributed by atoms with Crippen LogP contribution in [0.2, 0.25) is 0 Å². The molecule has 3 aromatic rings. The summed E-state index contributed by atoms with van der Waals surface area (Å²) in [4.78, 5) is 4.22. The molecule has 0 spiro atoms. The zero-order valence-electron chi connectivity index (χ0n) is 7.98. The molecule has 0 fully saturated rings. The average Bonchev–Trinajstić information content (AvgIpc) is 2.61. The molecule has 0 unspecified atom stereocenters. The molecule has 4 nitrogen and oxygen atoms in total. The van der Waals surface area contributed by atoms with Gasteiger partial charge in [0.15, 0.2) is 5.65 Å². The molecule has 0 amide bonds. The Balaban J connectivity index is 2.57. The van der Waals surface area contributed by atoms with Crippen molar-refractivity contribution in [3.8, 4) is 0 Å². The van der Waals surface area contributed by atoms with Gasteiger partial charge in [0.2, 0.25) is 0 Å². The molecule has 0 radical (unpaired) electrons. The van der Waals surface area contributed by atoms with Crippen molar-refractivity contribution < 1.29 is 0 Å². The van der Waals surface area contributed by atoms with Gasteiger partial charge in [-0.2, -0.15) is 0 Å². The highest BCUT2D eigenvalue weighted by Gasteiger charge is 2.06. The lowest BCUT2D eigenvalue weighted by Gasteiger charge is -2.00. The lowest BCUT2D eigenvalue weighted by molar-refractivity contribution is 1.04. The minimum absolute atomic E-state index is 0.806. The monoisotopic (exact) mass is 262 g/mol. The van der Waals surface area contributed by atoms with Crippen LogP contribution < -0.4 is 0 Å². The van der Waals surface area contributed by atoms with Crippen molar-refractivity contribution in [3.05, 3.63) is 34.7 Å². The maximum Gasteiger partial charge on any atom is 0.182 e. The van der Waals surface area contributed by atoms with Crippen LogP contribution in [0.4, 0.5) is 0 Å². The molecule has 0 saturated carbocycles. The summed E-state index contributed by atoms with van der Waals surface area (Å²) in [6, 6.07) is 5.89. The number of halogens is 1. The minimum atomic E-state index is 0.806. The summed E-state index contributed by atoms with van der Waals surface area (Å²) >= 11 is 3.44.